The molecule has 0 spiro atoms. The predicted molar refractivity (Wildman–Crippen MR) is 80.1 cm³/mol. The lowest BCUT2D eigenvalue weighted by atomic mass is 10.3. The number of hydrogen-bond donors (Lipinski definition) is 1. The monoisotopic (exact) mass is 317 g/mol. The molecule has 0 saturated carbocycles. The minimum absolute atomic E-state index is 0.547. The highest BCUT2D eigenvalue weighted by Crippen LogP contribution is 2.17. The molecule has 0 bridgehead atoms. The molecule has 0 amide bonds. The predicted octanol–water partition coefficient (Wildman–Crippen LogP) is 3.56. The fourth-order valence-corrected chi connectivity index (χ4v) is 2.47. The largest absolute Gasteiger partial charge is 0.492 e. The minimum Gasteiger partial charge on any atom is -0.492 e. The zero-order chi connectivity index (χ0) is 12.5. The second-order valence-corrected chi connectivity index (χ2v) is 6.06. The number of thioether (sulfide) groups is 1. The van der Waals surface area contributed by atoms with E-state index in [1.54, 1.807) is 0 Å². The van der Waals surface area contributed by atoms with E-state index in [2.05, 4.69) is 35.1 Å². The van der Waals surface area contributed by atoms with Gasteiger partial charge in [0.05, 0.1) is 0 Å². The van der Waals surface area contributed by atoms with Crippen LogP contribution in [0.3, 0.4) is 0 Å². The molecule has 17 heavy (non-hydrogen) atoms. The third-order valence-electron chi connectivity index (χ3n) is 2.23. The zero-order valence-electron chi connectivity index (χ0n) is 10.4. The second kappa shape index (κ2) is 8.84. The average molecular weight is 318 g/mol. The van der Waals surface area contributed by atoms with Crippen molar-refractivity contribution in [1.82, 2.24) is 5.32 Å². The van der Waals surface area contributed by atoms with Crippen molar-refractivity contribution in [2.75, 3.05) is 24.7 Å². The molecule has 1 N–H and O–H groups in total. The quantitative estimate of drug-likeness (QED) is 0.741. The summed E-state index contributed by atoms with van der Waals surface area (Å²) in [6, 6.07) is 8.48. The average Bonchev–Trinajstić information content (AvgIpc) is 2.32. The summed E-state index contributed by atoms with van der Waals surface area (Å²) in [7, 11) is 0. The number of nitrogens with one attached hydrogen (secondary N) is 1. The Morgan fingerprint density at radius 1 is 1.47 bits per heavy atom. The maximum Gasteiger partial charge on any atom is 0.120 e. The first-order valence-electron chi connectivity index (χ1n) is 5.92. The molecule has 0 radical (unpaired) electrons. The van der Waals surface area contributed by atoms with Gasteiger partial charge in [0.1, 0.15) is 12.4 Å². The van der Waals surface area contributed by atoms with E-state index in [0.29, 0.717) is 12.6 Å². The number of ether oxygens (including phenoxy) is 1. The number of hydrogen-bond acceptors (Lipinski definition) is 3. The van der Waals surface area contributed by atoms with Crippen molar-refractivity contribution in [2.45, 2.75) is 19.9 Å². The van der Waals surface area contributed by atoms with Gasteiger partial charge in [-0.1, -0.05) is 28.9 Å². The first kappa shape index (κ1) is 14.9. The van der Waals surface area contributed by atoms with E-state index in [4.69, 9.17) is 4.74 Å². The summed E-state index contributed by atoms with van der Waals surface area (Å²) >= 11 is 5.39. The first-order valence-corrected chi connectivity index (χ1v) is 7.86. The smallest absolute Gasteiger partial charge is 0.120 e. The SMILES string of the molecule is CCSCC(C)NCCOc1cccc(Br)c1. The fourth-order valence-electron chi connectivity index (χ4n) is 1.38. The van der Waals surface area contributed by atoms with Crippen LogP contribution in [-0.2, 0) is 0 Å². The highest BCUT2D eigenvalue weighted by molar-refractivity contribution is 9.10. The van der Waals surface area contributed by atoms with Gasteiger partial charge in [-0.3, -0.25) is 0 Å². The van der Waals surface area contributed by atoms with Crippen LogP contribution >= 0.6 is 27.7 Å². The molecule has 0 aliphatic rings. The van der Waals surface area contributed by atoms with Crippen molar-refractivity contribution < 1.29 is 4.74 Å². The van der Waals surface area contributed by atoms with Crippen LogP contribution < -0.4 is 10.1 Å². The molecule has 0 aromatic heterocycles. The summed E-state index contributed by atoms with van der Waals surface area (Å²) in [5.41, 5.74) is 0. The van der Waals surface area contributed by atoms with E-state index < -0.39 is 0 Å². The van der Waals surface area contributed by atoms with Crippen molar-refractivity contribution in [3.05, 3.63) is 28.7 Å². The van der Waals surface area contributed by atoms with Crippen molar-refractivity contribution in [3.63, 3.8) is 0 Å². The van der Waals surface area contributed by atoms with Gasteiger partial charge in [0, 0.05) is 22.8 Å². The molecule has 1 atom stereocenters. The van der Waals surface area contributed by atoms with Crippen LogP contribution in [0.4, 0.5) is 0 Å². The van der Waals surface area contributed by atoms with Gasteiger partial charge in [0.25, 0.3) is 0 Å². The molecule has 0 heterocycles. The summed E-state index contributed by atoms with van der Waals surface area (Å²) in [4.78, 5) is 0. The van der Waals surface area contributed by atoms with Crippen molar-refractivity contribution >= 4 is 27.7 Å². The van der Waals surface area contributed by atoms with Crippen LogP contribution in [0, 0.1) is 0 Å². The van der Waals surface area contributed by atoms with Crippen molar-refractivity contribution in [3.8, 4) is 5.75 Å². The van der Waals surface area contributed by atoms with Crippen LogP contribution in [0.5, 0.6) is 5.75 Å². The number of rotatable bonds is 8. The summed E-state index contributed by atoms with van der Waals surface area (Å²) < 4.78 is 6.69. The molecule has 0 aliphatic carbocycles. The van der Waals surface area contributed by atoms with E-state index in [9.17, 15) is 0 Å². The van der Waals surface area contributed by atoms with Crippen molar-refractivity contribution in [2.24, 2.45) is 0 Å². The Labute approximate surface area is 117 Å². The lowest BCUT2D eigenvalue weighted by Gasteiger charge is -2.13. The summed E-state index contributed by atoms with van der Waals surface area (Å²) in [5, 5.41) is 3.44. The Kier molecular flexibility index (Phi) is 7.73. The van der Waals surface area contributed by atoms with Gasteiger partial charge in [-0.05, 0) is 30.9 Å². The summed E-state index contributed by atoms with van der Waals surface area (Å²) in [6.07, 6.45) is 0. The fraction of sp³-hybridized carbons (Fsp3) is 0.538. The lowest BCUT2D eigenvalue weighted by Crippen LogP contribution is -2.32. The van der Waals surface area contributed by atoms with Gasteiger partial charge in [0.15, 0.2) is 0 Å². The zero-order valence-corrected chi connectivity index (χ0v) is 12.8. The Bertz CT molecular complexity index is 322. The molecule has 0 fully saturated rings. The van der Waals surface area contributed by atoms with Crippen LogP contribution in [0.1, 0.15) is 13.8 Å². The maximum absolute atomic E-state index is 5.64. The van der Waals surface area contributed by atoms with Crippen LogP contribution in [0.2, 0.25) is 0 Å². The lowest BCUT2D eigenvalue weighted by molar-refractivity contribution is 0.309. The van der Waals surface area contributed by atoms with Gasteiger partial charge in [-0.25, -0.2) is 0 Å². The van der Waals surface area contributed by atoms with Crippen LogP contribution in [0.25, 0.3) is 0 Å². The van der Waals surface area contributed by atoms with E-state index in [-0.39, 0.29) is 0 Å². The first-order chi connectivity index (χ1) is 8.22. The molecule has 4 heteroatoms. The minimum atomic E-state index is 0.547. The van der Waals surface area contributed by atoms with Crippen LogP contribution in [-0.4, -0.2) is 30.7 Å². The van der Waals surface area contributed by atoms with E-state index in [1.807, 2.05) is 36.0 Å². The van der Waals surface area contributed by atoms with E-state index >= 15 is 0 Å². The number of benzene rings is 1. The summed E-state index contributed by atoms with van der Waals surface area (Å²) in [6.45, 7) is 5.99. The molecule has 1 aromatic rings. The van der Waals surface area contributed by atoms with Crippen molar-refractivity contribution in [1.29, 1.82) is 0 Å². The highest BCUT2D eigenvalue weighted by atomic mass is 79.9. The Morgan fingerprint density at radius 3 is 3.00 bits per heavy atom. The molecule has 1 aromatic carbocycles. The van der Waals surface area contributed by atoms with E-state index in [0.717, 1.165) is 22.5 Å². The molecule has 96 valence electrons. The molecule has 0 aliphatic heterocycles. The van der Waals surface area contributed by atoms with Gasteiger partial charge in [-0.2, -0.15) is 11.8 Å². The molecule has 1 unspecified atom stereocenters. The number of halogens is 1. The molecular formula is C13H20BrNOS. The molecule has 1 rings (SSSR count). The second-order valence-electron chi connectivity index (χ2n) is 3.82. The topological polar surface area (TPSA) is 21.3 Å². The van der Waals surface area contributed by atoms with E-state index in [1.165, 1.54) is 5.75 Å². The third-order valence-corrected chi connectivity index (χ3v) is 3.87. The summed E-state index contributed by atoms with van der Waals surface area (Å²) in [5.74, 6) is 3.25. The normalized spacial score (nSPS) is 12.4. The Balaban J connectivity index is 2.11. The van der Waals surface area contributed by atoms with Gasteiger partial charge < -0.3 is 10.1 Å². The maximum atomic E-state index is 5.64. The van der Waals surface area contributed by atoms with Gasteiger partial charge in [-0.15, -0.1) is 0 Å². The highest BCUT2D eigenvalue weighted by Gasteiger charge is 2.00. The molecule has 2 nitrogen and oxygen atoms in total. The standard InChI is InChI=1S/C13H20BrNOS/c1-3-17-10-11(2)15-7-8-16-13-6-4-5-12(14)9-13/h4-6,9,11,15H,3,7-8,10H2,1-2H3. The molecule has 0 saturated heterocycles. The third kappa shape index (κ3) is 6.96. The Hall–Kier alpha value is -0.190. The van der Waals surface area contributed by atoms with Gasteiger partial charge >= 0.3 is 0 Å². The Morgan fingerprint density at radius 2 is 2.29 bits per heavy atom. The molecular weight excluding hydrogens is 298 g/mol. The van der Waals surface area contributed by atoms with Crippen LogP contribution in [0.15, 0.2) is 28.7 Å². The van der Waals surface area contributed by atoms with Gasteiger partial charge in [0.2, 0.25) is 0 Å².